The van der Waals surface area contributed by atoms with Gasteiger partial charge < -0.3 is 9.52 Å². The third kappa shape index (κ3) is 2.54. The normalized spacial score (nSPS) is 15.0. The Morgan fingerprint density at radius 3 is 2.75 bits per heavy atom. The second kappa shape index (κ2) is 5.25. The van der Waals surface area contributed by atoms with Crippen LogP contribution in [0.15, 0.2) is 39.8 Å². The van der Waals surface area contributed by atoms with Crippen molar-refractivity contribution in [2.75, 3.05) is 0 Å². The molecule has 1 aromatic carbocycles. The lowest BCUT2D eigenvalue weighted by Crippen LogP contribution is -1.97. The maximum atomic E-state index is 12.2. The molecule has 4 nitrogen and oxygen atoms in total. The lowest BCUT2D eigenvalue weighted by atomic mass is 10.1. The van der Waals surface area contributed by atoms with E-state index in [1.807, 2.05) is 6.07 Å². The average Bonchev–Trinajstić information content (AvgIpc) is 3.07. The highest BCUT2D eigenvalue weighted by Gasteiger charge is 2.16. The molecule has 5 heteroatoms. The summed E-state index contributed by atoms with van der Waals surface area (Å²) in [5.74, 6) is -0.979. The summed E-state index contributed by atoms with van der Waals surface area (Å²) in [5.41, 5.74) is 3.72. The summed E-state index contributed by atoms with van der Waals surface area (Å²) in [4.78, 5) is 10.7. The van der Waals surface area contributed by atoms with Gasteiger partial charge in [-0.1, -0.05) is 18.2 Å². The zero-order valence-corrected chi connectivity index (χ0v) is 11.6. The highest BCUT2D eigenvalue weighted by atomic mass is 32.2. The zero-order chi connectivity index (χ0) is 14.1. The molecule has 1 atom stereocenters. The van der Waals surface area contributed by atoms with Crippen LogP contribution in [0.25, 0.3) is 0 Å². The van der Waals surface area contributed by atoms with Gasteiger partial charge in [0, 0.05) is 0 Å². The molecule has 0 spiro atoms. The van der Waals surface area contributed by atoms with Gasteiger partial charge in [-0.25, -0.2) is 4.79 Å². The van der Waals surface area contributed by atoms with Gasteiger partial charge in [-0.2, -0.15) is 0 Å². The number of carboxylic acid groups (broad SMARTS) is 1. The van der Waals surface area contributed by atoms with Gasteiger partial charge in [-0.05, 0) is 48.1 Å². The molecule has 1 heterocycles. The van der Waals surface area contributed by atoms with Crippen molar-refractivity contribution >= 4 is 16.8 Å². The van der Waals surface area contributed by atoms with Gasteiger partial charge in [0.25, 0.3) is 0 Å². The van der Waals surface area contributed by atoms with E-state index < -0.39 is 16.8 Å². The standard InChI is InChI=1S/C15H14O4S/c16-15(17)13-6-7-14(19-13)20(18)9-10-4-5-11-2-1-3-12(11)8-10/h4-8H,1-3,9H2,(H,16,17). The first-order valence-electron chi connectivity index (χ1n) is 6.45. The molecule has 1 aliphatic rings. The third-order valence-electron chi connectivity index (χ3n) is 3.48. The molecule has 0 fully saturated rings. The second-order valence-electron chi connectivity index (χ2n) is 4.87. The van der Waals surface area contributed by atoms with E-state index in [0.717, 1.165) is 18.4 Å². The molecule has 0 bridgehead atoms. The summed E-state index contributed by atoms with van der Waals surface area (Å²) in [5, 5.41) is 8.99. The van der Waals surface area contributed by atoms with Gasteiger partial charge in [-0.3, -0.25) is 4.21 Å². The summed E-state index contributed by atoms with van der Waals surface area (Å²) >= 11 is 0. The van der Waals surface area contributed by atoms with E-state index in [-0.39, 0.29) is 10.9 Å². The van der Waals surface area contributed by atoms with Crippen molar-refractivity contribution in [1.29, 1.82) is 0 Å². The summed E-state index contributed by atoms with van der Waals surface area (Å²) in [6, 6.07) is 8.98. The van der Waals surface area contributed by atoms with Crippen LogP contribution < -0.4 is 0 Å². The van der Waals surface area contributed by atoms with Crippen LogP contribution >= 0.6 is 0 Å². The second-order valence-corrected chi connectivity index (χ2v) is 6.25. The van der Waals surface area contributed by atoms with Crippen molar-refractivity contribution in [2.24, 2.45) is 0 Å². The van der Waals surface area contributed by atoms with Gasteiger partial charge in [0.15, 0.2) is 5.09 Å². The number of hydrogen-bond acceptors (Lipinski definition) is 3. The van der Waals surface area contributed by atoms with Crippen LogP contribution in [0.2, 0.25) is 0 Å². The van der Waals surface area contributed by atoms with Gasteiger partial charge in [0.1, 0.15) is 0 Å². The van der Waals surface area contributed by atoms with E-state index in [4.69, 9.17) is 9.52 Å². The number of hydrogen-bond donors (Lipinski definition) is 1. The molecule has 2 aromatic rings. The molecule has 3 rings (SSSR count). The molecule has 1 aliphatic carbocycles. The SMILES string of the molecule is O=C(O)c1ccc(S(=O)Cc2ccc3c(c2)CCC3)o1. The van der Waals surface area contributed by atoms with Crippen LogP contribution in [-0.2, 0) is 29.4 Å². The minimum Gasteiger partial charge on any atom is -0.475 e. The van der Waals surface area contributed by atoms with Crippen LogP contribution in [0.5, 0.6) is 0 Å². The minimum atomic E-state index is -1.36. The average molecular weight is 290 g/mol. The number of furan rings is 1. The molecule has 1 unspecified atom stereocenters. The van der Waals surface area contributed by atoms with Crippen molar-refractivity contribution in [2.45, 2.75) is 30.1 Å². The van der Waals surface area contributed by atoms with Crippen LogP contribution in [0.4, 0.5) is 0 Å². The van der Waals surface area contributed by atoms with E-state index in [0.29, 0.717) is 5.75 Å². The van der Waals surface area contributed by atoms with Crippen LogP contribution in [-0.4, -0.2) is 15.3 Å². The van der Waals surface area contributed by atoms with Gasteiger partial charge in [0.05, 0.1) is 16.6 Å². The smallest absolute Gasteiger partial charge is 0.371 e. The quantitative estimate of drug-likeness (QED) is 0.940. The van der Waals surface area contributed by atoms with Crippen molar-refractivity contribution in [1.82, 2.24) is 0 Å². The summed E-state index contributed by atoms with van der Waals surface area (Å²) in [6.07, 6.45) is 3.39. The highest BCUT2D eigenvalue weighted by molar-refractivity contribution is 7.84. The monoisotopic (exact) mass is 290 g/mol. The summed E-state index contributed by atoms with van der Waals surface area (Å²) < 4.78 is 17.2. The Hall–Kier alpha value is -1.88. The third-order valence-corrected chi connectivity index (χ3v) is 4.74. The number of rotatable bonds is 4. The molecule has 1 N–H and O–H groups in total. The first kappa shape index (κ1) is 13.1. The Labute approximate surface area is 118 Å². The Morgan fingerprint density at radius 2 is 2.00 bits per heavy atom. The summed E-state index contributed by atoms with van der Waals surface area (Å²) in [6.45, 7) is 0. The molecule has 0 saturated heterocycles. The number of carboxylic acids is 1. The topological polar surface area (TPSA) is 67.5 Å². The molecule has 1 aromatic heterocycles. The molecule has 0 aliphatic heterocycles. The van der Waals surface area contributed by atoms with Gasteiger partial charge in [0.2, 0.25) is 5.76 Å². The zero-order valence-electron chi connectivity index (χ0n) is 10.8. The fourth-order valence-electron chi connectivity index (χ4n) is 2.49. The van der Waals surface area contributed by atoms with Crippen LogP contribution in [0.3, 0.4) is 0 Å². The highest BCUT2D eigenvalue weighted by Crippen LogP contribution is 2.24. The molecular weight excluding hydrogens is 276 g/mol. The molecular formula is C15H14O4S. The van der Waals surface area contributed by atoms with Crippen molar-refractivity contribution in [3.8, 4) is 0 Å². The number of aromatic carboxylic acids is 1. The van der Waals surface area contributed by atoms with E-state index in [9.17, 15) is 9.00 Å². The van der Waals surface area contributed by atoms with Crippen LogP contribution in [0, 0.1) is 0 Å². The summed E-state index contributed by atoms with van der Waals surface area (Å²) in [7, 11) is -1.36. The predicted molar refractivity (Wildman–Crippen MR) is 74.2 cm³/mol. The Balaban J connectivity index is 1.76. The van der Waals surface area contributed by atoms with E-state index in [1.54, 1.807) is 0 Å². The Bertz CT molecular complexity index is 687. The van der Waals surface area contributed by atoms with Crippen molar-refractivity contribution in [3.05, 3.63) is 52.8 Å². The number of carbonyl (C=O) groups is 1. The first-order valence-corrected chi connectivity index (χ1v) is 7.77. The fourth-order valence-corrected chi connectivity index (χ4v) is 3.52. The van der Waals surface area contributed by atoms with E-state index in [1.165, 1.54) is 29.7 Å². The van der Waals surface area contributed by atoms with E-state index in [2.05, 4.69) is 12.1 Å². The Morgan fingerprint density at radius 1 is 1.20 bits per heavy atom. The predicted octanol–water partition coefficient (Wildman–Crippen LogP) is 2.77. The number of fused-ring (bicyclic) bond motifs is 1. The molecule has 0 radical (unpaired) electrons. The molecule has 20 heavy (non-hydrogen) atoms. The lowest BCUT2D eigenvalue weighted by Gasteiger charge is -2.04. The number of benzene rings is 1. The molecule has 0 saturated carbocycles. The van der Waals surface area contributed by atoms with E-state index >= 15 is 0 Å². The lowest BCUT2D eigenvalue weighted by molar-refractivity contribution is 0.0656. The van der Waals surface area contributed by atoms with Crippen molar-refractivity contribution < 1.29 is 18.5 Å². The first-order chi connectivity index (χ1) is 9.63. The van der Waals surface area contributed by atoms with Gasteiger partial charge in [-0.15, -0.1) is 0 Å². The Kier molecular flexibility index (Phi) is 3.44. The molecule has 104 valence electrons. The largest absolute Gasteiger partial charge is 0.475 e. The van der Waals surface area contributed by atoms with Crippen LogP contribution in [0.1, 0.15) is 33.7 Å². The maximum absolute atomic E-state index is 12.2. The minimum absolute atomic E-state index is 0.178. The van der Waals surface area contributed by atoms with Gasteiger partial charge >= 0.3 is 5.97 Å². The fraction of sp³-hybridized carbons (Fsp3) is 0.267. The molecule has 0 amide bonds. The maximum Gasteiger partial charge on any atom is 0.371 e. The number of aryl methyl sites for hydroxylation is 2. The van der Waals surface area contributed by atoms with Crippen molar-refractivity contribution in [3.63, 3.8) is 0 Å².